The Balaban J connectivity index is 0.00000196. The number of phenols is 1. The van der Waals surface area contributed by atoms with Crippen molar-refractivity contribution in [2.24, 2.45) is 5.73 Å². The summed E-state index contributed by atoms with van der Waals surface area (Å²) in [6.45, 7) is 2.06. The van der Waals surface area contributed by atoms with E-state index in [0.717, 1.165) is 11.1 Å². The number of aliphatic hydroxyl groups is 1. The molecule has 0 saturated heterocycles. The Kier molecular flexibility index (Phi) is 6.32. The first-order chi connectivity index (χ1) is 6.65. The van der Waals surface area contributed by atoms with Crippen LogP contribution in [0.2, 0.25) is 0 Å². The Morgan fingerprint density at radius 2 is 2.07 bits per heavy atom. The van der Waals surface area contributed by atoms with E-state index in [1.165, 1.54) is 0 Å². The lowest BCUT2D eigenvalue weighted by Gasteiger charge is -2.13. The molecule has 1 aromatic carbocycles. The van der Waals surface area contributed by atoms with Gasteiger partial charge in [0.15, 0.2) is 0 Å². The van der Waals surface area contributed by atoms with Crippen LogP contribution in [-0.4, -0.2) is 16.8 Å². The molecule has 3 nitrogen and oxygen atoms in total. The van der Waals surface area contributed by atoms with Crippen molar-refractivity contribution < 1.29 is 10.2 Å². The van der Waals surface area contributed by atoms with Crippen LogP contribution in [0.1, 0.15) is 30.0 Å². The van der Waals surface area contributed by atoms with Crippen molar-refractivity contribution in [2.75, 3.05) is 6.61 Å². The number of rotatable bonds is 4. The van der Waals surface area contributed by atoms with Crippen LogP contribution in [0.5, 0.6) is 5.75 Å². The van der Waals surface area contributed by atoms with Gasteiger partial charge in [0.05, 0.1) is 0 Å². The van der Waals surface area contributed by atoms with Gasteiger partial charge in [-0.3, -0.25) is 0 Å². The highest BCUT2D eigenvalue weighted by molar-refractivity contribution is 5.85. The summed E-state index contributed by atoms with van der Waals surface area (Å²) in [7, 11) is 0. The molecule has 1 rings (SSSR count). The molecule has 0 bridgehead atoms. The van der Waals surface area contributed by atoms with E-state index in [1.807, 2.05) is 19.1 Å². The van der Waals surface area contributed by atoms with E-state index in [4.69, 9.17) is 10.8 Å². The molecule has 1 atom stereocenters. The number of aryl methyl sites for hydroxylation is 1. The molecule has 0 fully saturated rings. The van der Waals surface area contributed by atoms with Crippen LogP contribution in [-0.2, 0) is 0 Å². The fourth-order valence-electron chi connectivity index (χ4n) is 1.43. The molecule has 0 amide bonds. The predicted octanol–water partition coefficient (Wildman–Crippen LogP) is 1.89. The van der Waals surface area contributed by atoms with Crippen LogP contribution in [0, 0.1) is 6.92 Å². The molecule has 1 aromatic rings. The number of hydrogen-bond acceptors (Lipinski definition) is 3. The number of benzene rings is 1. The van der Waals surface area contributed by atoms with Crippen molar-refractivity contribution in [3.63, 3.8) is 0 Å². The molecule has 0 aliphatic heterocycles. The first-order valence-corrected chi connectivity index (χ1v) is 4.81. The molecule has 0 unspecified atom stereocenters. The molecule has 4 heteroatoms. The fourth-order valence-corrected chi connectivity index (χ4v) is 1.43. The lowest BCUT2D eigenvalue weighted by molar-refractivity contribution is 0.279. The summed E-state index contributed by atoms with van der Waals surface area (Å²) >= 11 is 0. The maximum Gasteiger partial charge on any atom is 0.120 e. The Morgan fingerprint density at radius 1 is 1.40 bits per heavy atom. The largest absolute Gasteiger partial charge is 0.508 e. The van der Waals surface area contributed by atoms with E-state index < -0.39 is 0 Å². The highest BCUT2D eigenvalue weighted by Crippen LogP contribution is 2.26. The minimum Gasteiger partial charge on any atom is -0.508 e. The summed E-state index contributed by atoms with van der Waals surface area (Å²) < 4.78 is 0. The fraction of sp³-hybridized carbons (Fsp3) is 0.455. The van der Waals surface area contributed by atoms with Crippen LogP contribution < -0.4 is 5.73 Å². The number of halogens is 1. The number of aliphatic hydroxyl groups excluding tert-OH is 1. The molecular weight excluding hydrogens is 214 g/mol. The Morgan fingerprint density at radius 3 is 2.60 bits per heavy atom. The topological polar surface area (TPSA) is 66.5 Å². The quantitative estimate of drug-likeness (QED) is 0.742. The molecule has 0 radical (unpaired) electrons. The maximum absolute atomic E-state index is 9.62. The van der Waals surface area contributed by atoms with Crippen LogP contribution >= 0.6 is 12.4 Å². The monoisotopic (exact) mass is 231 g/mol. The number of aromatic hydroxyl groups is 1. The van der Waals surface area contributed by atoms with E-state index in [2.05, 4.69) is 0 Å². The number of phenolic OH excluding ortho intramolecular Hbond substituents is 1. The molecule has 4 N–H and O–H groups in total. The van der Waals surface area contributed by atoms with Crippen molar-refractivity contribution in [3.05, 3.63) is 29.3 Å². The summed E-state index contributed by atoms with van der Waals surface area (Å²) in [5.41, 5.74) is 7.63. The van der Waals surface area contributed by atoms with Gasteiger partial charge in [-0.1, -0.05) is 12.1 Å². The zero-order chi connectivity index (χ0) is 10.6. The van der Waals surface area contributed by atoms with Gasteiger partial charge >= 0.3 is 0 Å². The average molecular weight is 232 g/mol. The molecule has 0 aliphatic carbocycles. The highest BCUT2D eigenvalue weighted by atomic mass is 35.5. The van der Waals surface area contributed by atoms with Crippen LogP contribution in [0.3, 0.4) is 0 Å². The third kappa shape index (κ3) is 4.08. The average Bonchev–Trinajstić information content (AvgIpc) is 2.14. The van der Waals surface area contributed by atoms with Gasteiger partial charge < -0.3 is 15.9 Å². The van der Waals surface area contributed by atoms with Crippen LogP contribution in [0.4, 0.5) is 0 Å². The minimum atomic E-state index is -0.192. The van der Waals surface area contributed by atoms with E-state index in [-0.39, 0.29) is 30.8 Å². The van der Waals surface area contributed by atoms with E-state index >= 15 is 0 Å². The van der Waals surface area contributed by atoms with Gasteiger partial charge in [0.25, 0.3) is 0 Å². The standard InChI is InChI=1S/C11H17NO2.ClH/c1-8-4-5-9(11(14)7-8)10(12)3-2-6-13;/h4-5,7,10,13-14H,2-3,6,12H2,1H3;1H/t10-;/m1./s1. The highest BCUT2D eigenvalue weighted by Gasteiger charge is 2.09. The van der Waals surface area contributed by atoms with Crippen molar-refractivity contribution in [1.29, 1.82) is 0 Å². The Labute approximate surface area is 96.3 Å². The van der Waals surface area contributed by atoms with E-state index in [0.29, 0.717) is 12.8 Å². The summed E-state index contributed by atoms with van der Waals surface area (Å²) in [6.07, 6.45) is 1.35. The van der Waals surface area contributed by atoms with Crippen molar-refractivity contribution >= 4 is 12.4 Å². The van der Waals surface area contributed by atoms with Gasteiger partial charge in [-0.2, -0.15) is 0 Å². The smallest absolute Gasteiger partial charge is 0.120 e. The predicted molar refractivity (Wildman–Crippen MR) is 63.3 cm³/mol. The second-order valence-corrected chi connectivity index (χ2v) is 3.53. The molecule has 15 heavy (non-hydrogen) atoms. The Hall–Kier alpha value is -0.770. The van der Waals surface area contributed by atoms with Gasteiger partial charge in [0.2, 0.25) is 0 Å². The molecule has 0 aromatic heterocycles. The summed E-state index contributed by atoms with van der Waals surface area (Å²) in [5.74, 6) is 0.246. The third-order valence-corrected chi connectivity index (χ3v) is 2.26. The lowest BCUT2D eigenvalue weighted by atomic mass is 10.0. The van der Waals surface area contributed by atoms with Gasteiger partial charge in [-0.05, 0) is 31.4 Å². The molecule has 0 spiro atoms. The van der Waals surface area contributed by atoms with Crippen molar-refractivity contribution in [3.8, 4) is 5.75 Å². The zero-order valence-electron chi connectivity index (χ0n) is 8.81. The second kappa shape index (κ2) is 6.67. The van der Waals surface area contributed by atoms with Gasteiger partial charge in [-0.25, -0.2) is 0 Å². The van der Waals surface area contributed by atoms with Gasteiger partial charge in [-0.15, -0.1) is 12.4 Å². The molecule has 0 saturated carbocycles. The number of nitrogens with two attached hydrogens (primary N) is 1. The zero-order valence-corrected chi connectivity index (χ0v) is 9.63. The molecule has 0 aliphatic rings. The lowest BCUT2D eigenvalue weighted by Crippen LogP contribution is -2.11. The number of hydrogen-bond donors (Lipinski definition) is 3. The van der Waals surface area contributed by atoms with E-state index in [9.17, 15) is 5.11 Å². The van der Waals surface area contributed by atoms with Gasteiger partial charge in [0.1, 0.15) is 5.75 Å². The van der Waals surface area contributed by atoms with Crippen molar-refractivity contribution in [1.82, 2.24) is 0 Å². The molecular formula is C11H18ClNO2. The van der Waals surface area contributed by atoms with Crippen LogP contribution in [0.15, 0.2) is 18.2 Å². The molecule has 0 heterocycles. The first-order valence-electron chi connectivity index (χ1n) is 4.81. The minimum absolute atomic E-state index is 0. The van der Waals surface area contributed by atoms with Crippen LogP contribution in [0.25, 0.3) is 0 Å². The molecule has 86 valence electrons. The normalized spacial score (nSPS) is 11.9. The van der Waals surface area contributed by atoms with Crippen molar-refractivity contribution in [2.45, 2.75) is 25.8 Å². The SMILES string of the molecule is Cc1ccc([C@H](N)CCCO)c(O)c1.Cl. The third-order valence-electron chi connectivity index (χ3n) is 2.26. The Bertz CT molecular complexity index is 305. The summed E-state index contributed by atoms with van der Waals surface area (Å²) in [6, 6.07) is 5.28. The van der Waals surface area contributed by atoms with Gasteiger partial charge in [0, 0.05) is 18.2 Å². The van der Waals surface area contributed by atoms with E-state index in [1.54, 1.807) is 6.07 Å². The second-order valence-electron chi connectivity index (χ2n) is 3.53. The first kappa shape index (κ1) is 14.2. The summed E-state index contributed by atoms with van der Waals surface area (Å²) in [4.78, 5) is 0. The summed E-state index contributed by atoms with van der Waals surface area (Å²) in [5, 5.41) is 18.3. The maximum atomic E-state index is 9.62.